The predicted octanol–water partition coefficient (Wildman–Crippen LogP) is 3.09. The molecule has 0 N–H and O–H groups in total. The second kappa shape index (κ2) is 5.25. The normalized spacial score (nSPS) is 13.6. The summed E-state index contributed by atoms with van der Waals surface area (Å²) < 4.78 is 0. The highest BCUT2D eigenvalue weighted by atomic mass is 14.7. The third kappa shape index (κ3) is 2.88. The van der Waals surface area contributed by atoms with Gasteiger partial charge in [0.15, 0.2) is 0 Å². The number of aromatic nitrogens is 1. The summed E-state index contributed by atoms with van der Waals surface area (Å²) in [6, 6.07) is 12.1. The summed E-state index contributed by atoms with van der Waals surface area (Å²) in [7, 11) is 0. The molecule has 0 saturated heterocycles. The zero-order valence-electron chi connectivity index (χ0n) is 8.63. The molecule has 0 bridgehead atoms. The van der Waals surface area contributed by atoms with Gasteiger partial charge in [-0.05, 0) is 31.2 Å². The second-order valence-electron chi connectivity index (χ2n) is 3.43. The van der Waals surface area contributed by atoms with Crippen LogP contribution in [0.3, 0.4) is 0 Å². The van der Waals surface area contributed by atoms with E-state index < -0.39 is 0 Å². The first-order valence-electron chi connectivity index (χ1n) is 5.25. The van der Waals surface area contributed by atoms with Gasteiger partial charge in [0.05, 0.1) is 5.52 Å². The Labute approximate surface area is 89.7 Å². The standard InChI is InChI=1S/C9H7N.C4H7N/c1-2-6-9-8(4-1)5-3-7-10-9;1-2-4-5-3-1/h1-7H;3H,1-2,4H2. The largest absolute Gasteiger partial charge is 0.298 e. The summed E-state index contributed by atoms with van der Waals surface area (Å²) >= 11 is 0. The molecule has 0 aliphatic carbocycles. The molecule has 0 amide bonds. The number of hydrogen-bond acceptors (Lipinski definition) is 2. The van der Waals surface area contributed by atoms with Crippen LogP contribution in [-0.2, 0) is 0 Å². The molecular weight excluding hydrogens is 184 g/mol. The molecule has 0 spiro atoms. The van der Waals surface area contributed by atoms with E-state index in [9.17, 15) is 0 Å². The average Bonchev–Trinajstić information content (AvgIpc) is 2.88. The summed E-state index contributed by atoms with van der Waals surface area (Å²) in [6.07, 6.45) is 6.28. The molecule has 76 valence electrons. The van der Waals surface area contributed by atoms with Gasteiger partial charge in [-0.2, -0.15) is 0 Å². The summed E-state index contributed by atoms with van der Waals surface area (Å²) in [6.45, 7) is 1.07. The summed E-state index contributed by atoms with van der Waals surface area (Å²) in [5, 5.41) is 1.20. The molecule has 0 unspecified atom stereocenters. The maximum Gasteiger partial charge on any atom is 0.0701 e. The van der Waals surface area contributed by atoms with Crippen molar-refractivity contribution in [1.82, 2.24) is 4.98 Å². The molecule has 0 saturated carbocycles. The topological polar surface area (TPSA) is 25.2 Å². The number of hydrogen-bond donors (Lipinski definition) is 0. The lowest BCUT2D eigenvalue weighted by atomic mass is 10.2. The molecule has 3 rings (SSSR count). The van der Waals surface area contributed by atoms with Crippen LogP contribution in [0, 0.1) is 0 Å². The zero-order chi connectivity index (χ0) is 10.3. The third-order valence-corrected chi connectivity index (χ3v) is 2.26. The Morgan fingerprint density at radius 1 is 1.00 bits per heavy atom. The monoisotopic (exact) mass is 198 g/mol. The van der Waals surface area contributed by atoms with E-state index >= 15 is 0 Å². The lowest BCUT2D eigenvalue weighted by Crippen LogP contribution is -1.73. The smallest absolute Gasteiger partial charge is 0.0701 e. The van der Waals surface area contributed by atoms with Crippen molar-refractivity contribution in [3.05, 3.63) is 42.6 Å². The van der Waals surface area contributed by atoms with E-state index in [-0.39, 0.29) is 0 Å². The first kappa shape index (κ1) is 9.84. The Morgan fingerprint density at radius 2 is 1.87 bits per heavy atom. The van der Waals surface area contributed by atoms with Crippen molar-refractivity contribution in [2.75, 3.05) is 6.54 Å². The Hall–Kier alpha value is -1.70. The lowest BCUT2D eigenvalue weighted by Gasteiger charge is -1.91. The zero-order valence-corrected chi connectivity index (χ0v) is 8.63. The predicted molar refractivity (Wildman–Crippen MR) is 64.3 cm³/mol. The maximum atomic E-state index is 4.18. The van der Waals surface area contributed by atoms with E-state index in [2.05, 4.69) is 22.1 Å². The number of benzene rings is 1. The van der Waals surface area contributed by atoms with Gasteiger partial charge in [0.25, 0.3) is 0 Å². The summed E-state index contributed by atoms with van der Waals surface area (Å²) in [4.78, 5) is 8.14. The molecule has 1 aromatic carbocycles. The fourth-order valence-corrected chi connectivity index (χ4v) is 1.47. The minimum atomic E-state index is 1.06. The molecule has 1 aromatic heterocycles. The van der Waals surface area contributed by atoms with Crippen LogP contribution in [0.1, 0.15) is 12.8 Å². The van der Waals surface area contributed by atoms with Gasteiger partial charge in [0.1, 0.15) is 0 Å². The van der Waals surface area contributed by atoms with Gasteiger partial charge in [-0.15, -0.1) is 0 Å². The van der Waals surface area contributed by atoms with Gasteiger partial charge in [0.2, 0.25) is 0 Å². The van der Waals surface area contributed by atoms with Gasteiger partial charge >= 0.3 is 0 Å². The van der Waals surface area contributed by atoms with Gasteiger partial charge in [-0.25, -0.2) is 0 Å². The fraction of sp³-hybridized carbons (Fsp3) is 0.231. The molecule has 2 heterocycles. The van der Waals surface area contributed by atoms with Crippen LogP contribution < -0.4 is 0 Å². The highest BCUT2D eigenvalue weighted by Crippen LogP contribution is 2.07. The van der Waals surface area contributed by atoms with Crippen molar-refractivity contribution in [3.63, 3.8) is 0 Å². The molecule has 2 nitrogen and oxygen atoms in total. The fourth-order valence-electron chi connectivity index (χ4n) is 1.47. The van der Waals surface area contributed by atoms with Gasteiger partial charge in [-0.3, -0.25) is 9.98 Å². The SMILES string of the molecule is C1=NCCC1.c1ccc2ncccc2c1. The van der Waals surface area contributed by atoms with Crippen LogP contribution in [0.25, 0.3) is 10.9 Å². The summed E-state index contributed by atoms with van der Waals surface area (Å²) in [5.41, 5.74) is 1.06. The number of nitrogens with zero attached hydrogens (tertiary/aromatic N) is 2. The average molecular weight is 198 g/mol. The number of rotatable bonds is 0. The van der Waals surface area contributed by atoms with E-state index in [1.807, 2.05) is 36.7 Å². The Balaban J connectivity index is 0.000000144. The van der Waals surface area contributed by atoms with Crippen LogP contribution in [0.4, 0.5) is 0 Å². The number of aliphatic imine (C=N–C) groups is 1. The minimum Gasteiger partial charge on any atom is -0.298 e. The second-order valence-corrected chi connectivity index (χ2v) is 3.43. The van der Waals surface area contributed by atoms with Crippen molar-refractivity contribution < 1.29 is 0 Å². The highest BCUT2D eigenvalue weighted by Gasteiger charge is 1.87. The van der Waals surface area contributed by atoms with Crippen molar-refractivity contribution in [2.45, 2.75) is 12.8 Å². The molecule has 0 radical (unpaired) electrons. The maximum absolute atomic E-state index is 4.18. The molecule has 0 atom stereocenters. The number of para-hydroxylation sites is 1. The van der Waals surface area contributed by atoms with E-state index in [1.165, 1.54) is 18.2 Å². The van der Waals surface area contributed by atoms with Crippen LogP contribution in [0.2, 0.25) is 0 Å². The Kier molecular flexibility index (Phi) is 3.44. The highest BCUT2D eigenvalue weighted by molar-refractivity contribution is 5.77. The Bertz CT molecular complexity index is 377. The molecule has 1 aliphatic rings. The van der Waals surface area contributed by atoms with Crippen molar-refractivity contribution >= 4 is 17.1 Å². The quantitative estimate of drug-likeness (QED) is 0.638. The van der Waals surface area contributed by atoms with E-state index in [1.54, 1.807) is 0 Å². The molecule has 0 fully saturated rings. The van der Waals surface area contributed by atoms with Crippen LogP contribution >= 0.6 is 0 Å². The van der Waals surface area contributed by atoms with E-state index in [4.69, 9.17) is 0 Å². The van der Waals surface area contributed by atoms with Gasteiger partial charge < -0.3 is 0 Å². The van der Waals surface area contributed by atoms with Crippen molar-refractivity contribution in [1.29, 1.82) is 0 Å². The Morgan fingerprint density at radius 3 is 2.53 bits per heavy atom. The molecule has 2 aromatic rings. The lowest BCUT2D eigenvalue weighted by molar-refractivity contribution is 0.952. The molecule has 1 aliphatic heterocycles. The van der Waals surface area contributed by atoms with Gasteiger partial charge in [0, 0.05) is 18.1 Å². The van der Waals surface area contributed by atoms with Crippen LogP contribution in [-0.4, -0.2) is 17.7 Å². The first-order chi connectivity index (χ1) is 7.47. The third-order valence-electron chi connectivity index (χ3n) is 2.26. The molecule has 2 heteroatoms. The van der Waals surface area contributed by atoms with E-state index in [0.29, 0.717) is 0 Å². The first-order valence-corrected chi connectivity index (χ1v) is 5.25. The minimum absolute atomic E-state index is 1.06. The van der Waals surface area contributed by atoms with Crippen LogP contribution in [0.5, 0.6) is 0 Å². The number of pyridine rings is 1. The van der Waals surface area contributed by atoms with E-state index in [0.717, 1.165) is 12.1 Å². The number of fused-ring (bicyclic) bond motifs is 1. The molecular formula is C13H14N2. The van der Waals surface area contributed by atoms with Crippen LogP contribution in [0.15, 0.2) is 47.6 Å². The summed E-state index contributed by atoms with van der Waals surface area (Å²) in [5.74, 6) is 0. The van der Waals surface area contributed by atoms with Crippen molar-refractivity contribution in [3.8, 4) is 0 Å². The van der Waals surface area contributed by atoms with Crippen molar-refractivity contribution in [2.24, 2.45) is 4.99 Å². The van der Waals surface area contributed by atoms with Gasteiger partial charge in [-0.1, -0.05) is 24.3 Å². The molecule has 15 heavy (non-hydrogen) atoms.